The number of aliphatic hydroxyl groups excluding tert-OH is 1. The summed E-state index contributed by atoms with van der Waals surface area (Å²) in [5, 5.41) is 11.0. The predicted octanol–water partition coefficient (Wildman–Crippen LogP) is 5.88. The van der Waals surface area contributed by atoms with Gasteiger partial charge >= 0.3 is 5.97 Å². The Kier molecular flexibility index (Phi) is 5.07. The fourth-order valence-electron chi connectivity index (χ4n) is 5.44. The SMILES string of the molecule is CC(C)C1=CC2=CC=C3C(C)(C)[C@H](OC(=O)c4ccccc4)CC[C@]3(C)C2=C(O)C1=O. The number of aliphatic hydroxyl groups is 1. The average Bonchev–Trinajstić information content (AvgIpc) is 2.72. The van der Waals surface area contributed by atoms with Crippen LogP contribution in [0.4, 0.5) is 0 Å². The molecular formula is C27H30O4. The van der Waals surface area contributed by atoms with E-state index in [0.717, 1.165) is 11.1 Å². The van der Waals surface area contributed by atoms with E-state index in [1.54, 1.807) is 12.1 Å². The van der Waals surface area contributed by atoms with Crippen LogP contribution in [0, 0.1) is 16.7 Å². The highest BCUT2D eigenvalue weighted by molar-refractivity contribution is 6.10. The van der Waals surface area contributed by atoms with Crippen LogP contribution >= 0.6 is 0 Å². The summed E-state index contributed by atoms with van der Waals surface area (Å²) >= 11 is 0. The lowest BCUT2D eigenvalue weighted by Gasteiger charge is -2.52. The Labute approximate surface area is 184 Å². The van der Waals surface area contributed by atoms with E-state index in [-0.39, 0.29) is 29.5 Å². The van der Waals surface area contributed by atoms with Crippen molar-refractivity contribution in [2.75, 3.05) is 0 Å². The molecule has 1 N–H and O–H groups in total. The molecule has 4 rings (SSSR count). The van der Waals surface area contributed by atoms with Gasteiger partial charge in [-0.2, -0.15) is 0 Å². The van der Waals surface area contributed by atoms with Crippen LogP contribution in [0.1, 0.15) is 57.8 Å². The second-order valence-electron chi connectivity index (χ2n) is 9.86. The lowest BCUT2D eigenvalue weighted by atomic mass is 9.53. The molecule has 4 heteroatoms. The van der Waals surface area contributed by atoms with E-state index in [2.05, 4.69) is 26.8 Å². The summed E-state index contributed by atoms with van der Waals surface area (Å²) in [5.41, 5.74) is 2.94. The highest BCUT2D eigenvalue weighted by Crippen LogP contribution is 2.59. The van der Waals surface area contributed by atoms with E-state index < -0.39 is 10.8 Å². The molecule has 1 aromatic carbocycles. The summed E-state index contributed by atoms with van der Waals surface area (Å²) in [6.07, 6.45) is 7.05. The molecule has 1 aromatic rings. The Morgan fingerprint density at radius 1 is 1.13 bits per heavy atom. The normalized spacial score (nSPS) is 27.1. The van der Waals surface area contributed by atoms with E-state index in [1.165, 1.54) is 0 Å². The van der Waals surface area contributed by atoms with Gasteiger partial charge in [0.15, 0.2) is 5.76 Å². The van der Waals surface area contributed by atoms with Gasteiger partial charge in [0, 0.05) is 22.0 Å². The van der Waals surface area contributed by atoms with Crippen LogP contribution in [0.25, 0.3) is 0 Å². The number of benzene rings is 1. The number of fused-ring (bicyclic) bond motifs is 3. The van der Waals surface area contributed by atoms with Crippen molar-refractivity contribution in [1.82, 2.24) is 0 Å². The summed E-state index contributed by atoms with van der Waals surface area (Å²) in [4.78, 5) is 25.6. The molecule has 0 aliphatic heterocycles. The third-order valence-electron chi connectivity index (χ3n) is 7.18. The number of hydrogen-bond donors (Lipinski definition) is 1. The minimum Gasteiger partial charge on any atom is -0.504 e. The standard InChI is InChI=1S/C27H30O4/c1-16(2)19-15-18-11-12-20-26(3,4)21(31-25(30)17-9-7-6-8-10-17)13-14-27(20,5)22(18)24(29)23(19)28/h6-12,15-16,21,29H,13-14H2,1-5H3/t21-,27+/m1/s1. The molecule has 0 spiro atoms. The van der Waals surface area contributed by atoms with Crippen LogP contribution < -0.4 is 0 Å². The summed E-state index contributed by atoms with van der Waals surface area (Å²) in [5.74, 6) is -0.699. The van der Waals surface area contributed by atoms with Crippen molar-refractivity contribution in [1.29, 1.82) is 0 Å². The maximum atomic E-state index is 12.9. The fraction of sp³-hybridized carbons (Fsp3) is 0.407. The fourth-order valence-corrected chi connectivity index (χ4v) is 5.44. The molecule has 1 saturated carbocycles. The van der Waals surface area contributed by atoms with Crippen molar-refractivity contribution in [2.24, 2.45) is 16.7 Å². The van der Waals surface area contributed by atoms with Crippen LogP contribution in [0.5, 0.6) is 0 Å². The number of carbonyl (C=O) groups is 2. The second kappa shape index (κ2) is 7.37. The van der Waals surface area contributed by atoms with E-state index in [1.807, 2.05) is 44.2 Å². The molecule has 162 valence electrons. The van der Waals surface area contributed by atoms with Crippen molar-refractivity contribution in [3.05, 3.63) is 82.2 Å². The van der Waals surface area contributed by atoms with Crippen molar-refractivity contribution in [2.45, 2.75) is 53.6 Å². The van der Waals surface area contributed by atoms with Crippen molar-refractivity contribution in [3.8, 4) is 0 Å². The molecule has 0 unspecified atom stereocenters. The number of ether oxygens (including phenoxy) is 1. The van der Waals surface area contributed by atoms with Crippen LogP contribution in [0.2, 0.25) is 0 Å². The van der Waals surface area contributed by atoms with Crippen molar-refractivity contribution in [3.63, 3.8) is 0 Å². The molecule has 2 atom stereocenters. The average molecular weight is 419 g/mol. The number of carbonyl (C=O) groups excluding carboxylic acids is 2. The zero-order valence-electron chi connectivity index (χ0n) is 18.9. The number of esters is 1. The smallest absolute Gasteiger partial charge is 0.338 e. The molecule has 0 amide bonds. The molecular weight excluding hydrogens is 388 g/mol. The van der Waals surface area contributed by atoms with Crippen molar-refractivity contribution >= 4 is 11.8 Å². The number of allylic oxidation sites excluding steroid dienone is 6. The molecule has 1 fully saturated rings. The van der Waals surface area contributed by atoms with Gasteiger partial charge in [-0.25, -0.2) is 4.79 Å². The minimum absolute atomic E-state index is 0.0415. The van der Waals surface area contributed by atoms with Crippen LogP contribution in [-0.2, 0) is 9.53 Å². The highest BCUT2D eigenvalue weighted by atomic mass is 16.5. The number of ketones is 1. The van der Waals surface area contributed by atoms with Gasteiger partial charge in [0.2, 0.25) is 5.78 Å². The summed E-state index contributed by atoms with van der Waals surface area (Å²) in [6.45, 7) is 10.2. The maximum absolute atomic E-state index is 12.9. The van der Waals surface area contributed by atoms with E-state index in [9.17, 15) is 14.7 Å². The number of Topliss-reactive ketones (excluding diaryl/α,β-unsaturated/α-hetero) is 1. The summed E-state index contributed by atoms with van der Waals surface area (Å²) in [6, 6.07) is 9.03. The monoisotopic (exact) mass is 418 g/mol. The molecule has 0 heterocycles. The molecule has 31 heavy (non-hydrogen) atoms. The van der Waals surface area contributed by atoms with E-state index in [0.29, 0.717) is 29.6 Å². The van der Waals surface area contributed by atoms with Gasteiger partial charge in [0.1, 0.15) is 6.10 Å². The largest absolute Gasteiger partial charge is 0.504 e. The number of hydrogen-bond acceptors (Lipinski definition) is 4. The van der Waals surface area contributed by atoms with Gasteiger partial charge in [0.05, 0.1) is 5.56 Å². The second-order valence-corrected chi connectivity index (χ2v) is 9.86. The Hall–Kier alpha value is -2.88. The Morgan fingerprint density at radius 2 is 1.81 bits per heavy atom. The predicted molar refractivity (Wildman–Crippen MR) is 121 cm³/mol. The minimum atomic E-state index is -0.484. The van der Waals surface area contributed by atoms with E-state index in [4.69, 9.17) is 4.74 Å². The summed E-state index contributed by atoms with van der Waals surface area (Å²) in [7, 11) is 0. The molecule has 3 aliphatic carbocycles. The lowest BCUT2D eigenvalue weighted by Crippen LogP contribution is -2.48. The van der Waals surface area contributed by atoms with Gasteiger partial charge in [-0.05, 0) is 42.5 Å². The third-order valence-corrected chi connectivity index (χ3v) is 7.18. The molecule has 4 nitrogen and oxygen atoms in total. The Balaban J connectivity index is 1.71. The molecule has 0 radical (unpaired) electrons. The first-order valence-corrected chi connectivity index (χ1v) is 11.0. The van der Waals surface area contributed by atoms with Crippen molar-refractivity contribution < 1.29 is 19.4 Å². The van der Waals surface area contributed by atoms with Gasteiger partial charge in [0.25, 0.3) is 0 Å². The zero-order valence-corrected chi connectivity index (χ0v) is 18.9. The molecule has 0 saturated heterocycles. The van der Waals surface area contributed by atoms with Gasteiger partial charge in [-0.1, -0.05) is 70.5 Å². The van der Waals surface area contributed by atoms with E-state index >= 15 is 0 Å². The van der Waals surface area contributed by atoms with Gasteiger partial charge in [-0.15, -0.1) is 0 Å². The maximum Gasteiger partial charge on any atom is 0.338 e. The first-order valence-electron chi connectivity index (χ1n) is 11.0. The zero-order chi connectivity index (χ0) is 22.6. The lowest BCUT2D eigenvalue weighted by molar-refractivity contribution is -0.115. The first-order chi connectivity index (χ1) is 14.6. The highest BCUT2D eigenvalue weighted by Gasteiger charge is 2.53. The Bertz CT molecular complexity index is 1070. The summed E-state index contributed by atoms with van der Waals surface area (Å²) < 4.78 is 5.96. The number of rotatable bonds is 3. The quantitative estimate of drug-likeness (QED) is 0.623. The molecule has 0 bridgehead atoms. The van der Waals surface area contributed by atoms with Crippen LogP contribution in [0.15, 0.2) is 76.6 Å². The Morgan fingerprint density at radius 3 is 2.45 bits per heavy atom. The third kappa shape index (κ3) is 3.29. The molecule has 0 aromatic heterocycles. The van der Waals surface area contributed by atoms with Crippen LogP contribution in [0.3, 0.4) is 0 Å². The molecule has 3 aliphatic rings. The van der Waals surface area contributed by atoms with Crippen LogP contribution in [-0.4, -0.2) is 23.0 Å². The first kappa shape index (κ1) is 21.4. The van der Waals surface area contributed by atoms with Gasteiger partial charge < -0.3 is 9.84 Å². The topological polar surface area (TPSA) is 63.6 Å². The van der Waals surface area contributed by atoms with Gasteiger partial charge in [-0.3, -0.25) is 4.79 Å².